The fourth-order valence-corrected chi connectivity index (χ4v) is 2.21. The van der Waals surface area contributed by atoms with Crippen LogP contribution in [0.25, 0.3) is 0 Å². The molecular weight excluding hydrogens is 200 g/mol. The van der Waals surface area contributed by atoms with Gasteiger partial charge in [0.25, 0.3) is 0 Å². The highest BCUT2D eigenvalue weighted by atomic mass is 16.5. The molecule has 1 fully saturated rings. The molecule has 0 bridgehead atoms. The smallest absolute Gasteiger partial charge is 0.133 e. The minimum atomic E-state index is 0.248. The molecule has 2 heteroatoms. The van der Waals surface area contributed by atoms with Crippen molar-refractivity contribution in [2.45, 2.75) is 38.9 Å². The first-order chi connectivity index (χ1) is 7.75. The maximum absolute atomic E-state index is 11.2. The lowest BCUT2D eigenvalue weighted by Gasteiger charge is -2.28. The zero-order valence-corrected chi connectivity index (χ0v) is 9.69. The van der Waals surface area contributed by atoms with Crippen molar-refractivity contribution in [3.05, 3.63) is 35.9 Å². The van der Waals surface area contributed by atoms with E-state index in [-0.39, 0.29) is 6.10 Å². The lowest BCUT2D eigenvalue weighted by Crippen LogP contribution is -2.29. The Morgan fingerprint density at radius 1 is 1.31 bits per heavy atom. The van der Waals surface area contributed by atoms with Crippen LogP contribution in [0.15, 0.2) is 30.3 Å². The van der Waals surface area contributed by atoms with Crippen molar-refractivity contribution >= 4 is 5.78 Å². The van der Waals surface area contributed by atoms with Gasteiger partial charge in [-0.15, -0.1) is 0 Å². The Morgan fingerprint density at radius 3 is 2.75 bits per heavy atom. The highest BCUT2D eigenvalue weighted by Gasteiger charge is 2.26. The number of Topliss-reactive ketones (excluding diaryl/α,β-unsaturated/α-hetero) is 1. The SMILES string of the molecule is C[C@@H]1CC(=O)CC[C@H]1OCc1ccccc1. The molecule has 0 amide bonds. The first kappa shape index (κ1) is 11.3. The molecule has 0 N–H and O–H groups in total. The fourth-order valence-electron chi connectivity index (χ4n) is 2.21. The van der Waals surface area contributed by atoms with E-state index in [0.717, 1.165) is 6.42 Å². The Kier molecular flexibility index (Phi) is 3.73. The second-order valence-electron chi connectivity index (χ2n) is 4.59. The predicted octanol–water partition coefficient (Wildman–Crippen LogP) is 2.96. The second kappa shape index (κ2) is 5.26. The van der Waals surface area contributed by atoms with Gasteiger partial charge in [-0.25, -0.2) is 0 Å². The first-order valence-electron chi connectivity index (χ1n) is 5.93. The van der Waals surface area contributed by atoms with Gasteiger partial charge in [-0.1, -0.05) is 37.3 Å². The molecule has 0 aromatic heterocycles. The first-order valence-corrected chi connectivity index (χ1v) is 5.93. The van der Waals surface area contributed by atoms with Gasteiger partial charge >= 0.3 is 0 Å². The van der Waals surface area contributed by atoms with Crippen LogP contribution in [0.1, 0.15) is 31.7 Å². The van der Waals surface area contributed by atoms with Crippen LogP contribution in [0.5, 0.6) is 0 Å². The van der Waals surface area contributed by atoms with Crippen LogP contribution >= 0.6 is 0 Å². The lowest BCUT2D eigenvalue weighted by molar-refractivity contribution is -0.126. The molecule has 0 aliphatic heterocycles. The summed E-state index contributed by atoms with van der Waals surface area (Å²) in [5.74, 6) is 0.747. The minimum absolute atomic E-state index is 0.248. The third-order valence-corrected chi connectivity index (χ3v) is 3.20. The molecule has 1 aliphatic carbocycles. The van der Waals surface area contributed by atoms with E-state index in [0.29, 0.717) is 31.1 Å². The Hall–Kier alpha value is -1.15. The number of ether oxygens (including phenoxy) is 1. The van der Waals surface area contributed by atoms with Crippen molar-refractivity contribution in [3.63, 3.8) is 0 Å². The summed E-state index contributed by atoms with van der Waals surface area (Å²) in [5.41, 5.74) is 1.20. The molecule has 1 aromatic carbocycles. The van der Waals surface area contributed by atoms with Gasteiger partial charge in [-0.3, -0.25) is 4.79 Å². The van der Waals surface area contributed by atoms with Crippen LogP contribution in [-0.4, -0.2) is 11.9 Å². The summed E-state index contributed by atoms with van der Waals surface area (Å²) in [4.78, 5) is 11.2. The molecule has 0 unspecified atom stereocenters. The molecule has 0 spiro atoms. The zero-order valence-electron chi connectivity index (χ0n) is 9.69. The summed E-state index contributed by atoms with van der Waals surface area (Å²) >= 11 is 0. The van der Waals surface area contributed by atoms with Gasteiger partial charge in [0.15, 0.2) is 0 Å². The van der Waals surface area contributed by atoms with Gasteiger partial charge in [-0.05, 0) is 17.9 Å². The summed E-state index contributed by atoms with van der Waals surface area (Å²) in [6.45, 7) is 2.76. The van der Waals surface area contributed by atoms with Gasteiger partial charge in [0.1, 0.15) is 5.78 Å². The standard InChI is InChI=1S/C14H18O2/c1-11-9-13(15)7-8-14(11)16-10-12-5-3-2-4-6-12/h2-6,11,14H,7-10H2,1H3/t11-,14-/m1/s1. The average molecular weight is 218 g/mol. The van der Waals surface area contributed by atoms with E-state index < -0.39 is 0 Å². The second-order valence-corrected chi connectivity index (χ2v) is 4.59. The Labute approximate surface area is 96.6 Å². The van der Waals surface area contributed by atoms with Crippen molar-refractivity contribution in [2.75, 3.05) is 0 Å². The van der Waals surface area contributed by atoms with Crippen molar-refractivity contribution in [1.29, 1.82) is 0 Å². The normalized spacial score (nSPS) is 25.7. The molecule has 86 valence electrons. The quantitative estimate of drug-likeness (QED) is 0.779. The zero-order chi connectivity index (χ0) is 11.4. The van der Waals surface area contributed by atoms with E-state index in [4.69, 9.17) is 4.74 Å². The van der Waals surface area contributed by atoms with Crippen molar-refractivity contribution in [1.82, 2.24) is 0 Å². The summed E-state index contributed by atoms with van der Waals surface area (Å²) in [6.07, 6.45) is 2.49. The Balaban J connectivity index is 1.84. The van der Waals surface area contributed by atoms with Crippen LogP contribution in [0.4, 0.5) is 0 Å². The molecule has 1 saturated carbocycles. The van der Waals surface area contributed by atoms with Crippen molar-refractivity contribution < 1.29 is 9.53 Å². The number of rotatable bonds is 3. The molecular formula is C14H18O2. The van der Waals surface area contributed by atoms with E-state index in [1.54, 1.807) is 0 Å². The molecule has 1 aromatic rings. The summed E-state index contributed by atoms with van der Waals surface area (Å²) in [6, 6.07) is 10.2. The van der Waals surface area contributed by atoms with Crippen molar-refractivity contribution in [2.24, 2.45) is 5.92 Å². The molecule has 2 rings (SSSR count). The molecule has 0 heterocycles. The van der Waals surface area contributed by atoms with Crippen LogP contribution < -0.4 is 0 Å². The third kappa shape index (κ3) is 2.92. The molecule has 1 aliphatic rings. The molecule has 0 radical (unpaired) electrons. The topological polar surface area (TPSA) is 26.3 Å². The lowest BCUT2D eigenvalue weighted by atomic mass is 9.87. The molecule has 2 atom stereocenters. The van der Waals surface area contributed by atoms with Gasteiger partial charge in [0.2, 0.25) is 0 Å². The van der Waals surface area contributed by atoms with Crippen molar-refractivity contribution in [3.8, 4) is 0 Å². The summed E-state index contributed by atoms with van der Waals surface area (Å²) < 4.78 is 5.88. The summed E-state index contributed by atoms with van der Waals surface area (Å²) in [5, 5.41) is 0. The van der Waals surface area contributed by atoms with Crippen LogP contribution in [-0.2, 0) is 16.1 Å². The van der Waals surface area contributed by atoms with Gasteiger partial charge < -0.3 is 4.74 Å². The number of carbonyl (C=O) groups is 1. The predicted molar refractivity (Wildman–Crippen MR) is 63.0 cm³/mol. The highest BCUT2D eigenvalue weighted by molar-refractivity contribution is 5.79. The largest absolute Gasteiger partial charge is 0.373 e. The van der Waals surface area contributed by atoms with Gasteiger partial charge in [-0.2, -0.15) is 0 Å². The van der Waals surface area contributed by atoms with E-state index >= 15 is 0 Å². The van der Waals surface area contributed by atoms with Gasteiger partial charge in [0, 0.05) is 12.8 Å². The monoisotopic (exact) mass is 218 g/mol. The maximum Gasteiger partial charge on any atom is 0.133 e. The number of hydrogen-bond acceptors (Lipinski definition) is 2. The number of benzene rings is 1. The highest BCUT2D eigenvalue weighted by Crippen LogP contribution is 2.24. The minimum Gasteiger partial charge on any atom is -0.373 e. The average Bonchev–Trinajstić information content (AvgIpc) is 2.29. The van der Waals surface area contributed by atoms with Crippen LogP contribution in [0, 0.1) is 5.92 Å². The molecule has 2 nitrogen and oxygen atoms in total. The number of carbonyl (C=O) groups excluding carboxylic acids is 1. The third-order valence-electron chi connectivity index (χ3n) is 3.20. The summed E-state index contributed by atoms with van der Waals surface area (Å²) in [7, 11) is 0. The van der Waals surface area contributed by atoms with Gasteiger partial charge in [0.05, 0.1) is 12.7 Å². The van der Waals surface area contributed by atoms with E-state index in [9.17, 15) is 4.79 Å². The van der Waals surface area contributed by atoms with Crippen LogP contribution in [0.2, 0.25) is 0 Å². The van der Waals surface area contributed by atoms with Crippen LogP contribution in [0.3, 0.4) is 0 Å². The van der Waals surface area contributed by atoms with E-state index in [2.05, 4.69) is 19.1 Å². The Morgan fingerprint density at radius 2 is 2.06 bits per heavy atom. The number of ketones is 1. The number of hydrogen-bond donors (Lipinski definition) is 0. The van der Waals surface area contributed by atoms with E-state index in [1.807, 2.05) is 18.2 Å². The molecule has 0 saturated heterocycles. The van der Waals surface area contributed by atoms with E-state index in [1.165, 1.54) is 5.56 Å². The maximum atomic E-state index is 11.2. The Bertz CT molecular complexity index is 345. The molecule has 16 heavy (non-hydrogen) atoms. The fraction of sp³-hybridized carbons (Fsp3) is 0.500.